The van der Waals surface area contributed by atoms with Crippen molar-refractivity contribution in [3.63, 3.8) is 0 Å². The monoisotopic (exact) mass is 296 g/mol. The van der Waals surface area contributed by atoms with Crippen LogP contribution in [0.2, 0.25) is 0 Å². The topological polar surface area (TPSA) is 129 Å². The molecule has 0 fully saturated rings. The lowest BCUT2D eigenvalue weighted by Gasteiger charge is -2.16. The molecule has 0 aliphatic rings. The summed E-state index contributed by atoms with van der Waals surface area (Å²) in [6, 6.07) is 4.06. The standard InChI is InChI=1S/C11H16N6O2S/c1-7(11-16-14-6-17(11)2)15-10-5-8(20(13,18)19)3-4-9(10)12/h3-7,15H,12H2,1-2H3,(H2,13,18,19). The number of anilines is 2. The highest BCUT2D eigenvalue weighted by Crippen LogP contribution is 2.25. The molecule has 5 N–H and O–H groups in total. The number of nitrogen functional groups attached to an aromatic ring is 1. The SMILES string of the molecule is CC(Nc1cc(S(N)(=O)=O)ccc1N)c1nncn1C. The molecule has 0 amide bonds. The Bertz CT molecular complexity index is 724. The molecule has 0 saturated heterocycles. The third-order valence-corrected chi connectivity index (χ3v) is 3.77. The zero-order valence-electron chi connectivity index (χ0n) is 11.1. The second-order valence-electron chi connectivity index (χ2n) is 4.46. The summed E-state index contributed by atoms with van der Waals surface area (Å²) in [5.74, 6) is 0.699. The minimum atomic E-state index is -3.77. The molecule has 0 radical (unpaired) electrons. The number of rotatable bonds is 4. The number of primary sulfonamides is 1. The number of aromatic nitrogens is 3. The van der Waals surface area contributed by atoms with Gasteiger partial charge in [0.25, 0.3) is 0 Å². The highest BCUT2D eigenvalue weighted by Gasteiger charge is 2.15. The van der Waals surface area contributed by atoms with Gasteiger partial charge in [-0.3, -0.25) is 0 Å². The first kappa shape index (κ1) is 14.3. The smallest absolute Gasteiger partial charge is 0.238 e. The summed E-state index contributed by atoms with van der Waals surface area (Å²) >= 11 is 0. The summed E-state index contributed by atoms with van der Waals surface area (Å²) in [7, 11) is -1.95. The molecule has 108 valence electrons. The summed E-state index contributed by atoms with van der Waals surface area (Å²) in [6.45, 7) is 1.87. The zero-order chi connectivity index (χ0) is 14.9. The third kappa shape index (κ3) is 2.89. The van der Waals surface area contributed by atoms with Crippen molar-refractivity contribution in [2.45, 2.75) is 17.9 Å². The van der Waals surface area contributed by atoms with E-state index >= 15 is 0 Å². The first-order valence-corrected chi connectivity index (χ1v) is 7.36. The lowest BCUT2D eigenvalue weighted by atomic mass is 10.2. The fraction of sp³-hybridized carbons (Fsp3) is 0.273. The maximum atomic E-state index is 11.3. The van der Waals surface area contributed by atoms with Crippen molar-refractivity contribution in [1.29, 1.82) is 0 Å². The number of nitrogens with zero attached hydrogens (tertiary/aromatic N) is 3. The molecule has 1 heterocycles. The number of aryl methyl sites for hydroxylation is 1. The Morgan fingerprint density at radius 1 is 1.40 bits per heavy atom. The van der Waals surface area contributed by atoms with Crippen molar-refractivity contribution in [2.24, 2.45) is 12.2 Å². The van der Waals surface area contributed by atoms with E-state index in [4.69, 9.17) is 10.9 Å². The molecule has 1 atom stereocenters. The Hall–Kier alpha value is -2.13. The second kappa shape index (κ2) is 5.10. The molecule has 0 aliphatic carbocycles. The molecular weight excluding hydrogens is 280 g/mol. The Morgan fingerprint density at radius 3 is 2.65 bits per heavy atom. The fourth-order valence-corrected chi connectivity index (χ4v) is 2.36. The van der Waals surface area contributed by atoms with Crippen LogP contribution in [0.15, 0.2) is 29.4 Å². The van der Waals surface area contributed by atoms with E-state index in [1.165, 1.54) is 18.2 Å². The molecule has 0 aliphatic heterocycles. The van der Waals surface area contributed by atoms with Crippen LogP contribution in [-0.2, 0) is 17.1 Å². The van der Waals surface area contributed by atoms with Gasteiger partial charge in [-0.2, -0.15) is 0 Å². The molecule has 1 aromatic heterocycles. The molecule has 2 aromatic rings. The molecule has 0 saturated carbocycles. The maximum Gasteiger partial charge on any atom is 0.238 e. The molecule has 1 unspecified atom stereocenters. The van der Waals surface area contributed by atoms with Crippen LogP contribution in [0.5, 0.6) is 0 Å². The van der Waals surface area contributed by atoms with Crippen molar-refractivity contribution in [2.75, 3.05) is 11.1 Å². The van der Waals surface area contributed by atoms with Gasteiger partial charge in [-0.25, -0.2) is 13.6 Å². The largest absolute Gasteiger partial charge is 0.397 e. The Morgan fingerprint density at radius 2 is 2.10 bits per heavy atom. The van der Waals surface area contributed by atoms with E-state index in [1.807, 2.05) is 14.0 Å². The minimum absolute atomic E-state index is 0.000588. The fourth-order valence-electron chi connectivity index (χ4n) is 1.82. The van der Waals surface area contributed by atoms with Gasteiger partial charge in [0.1, 0.15) is 6.33 Å². The van der Waals surface area contributed by atoms with Crippen LogP contribution in [0.1, 0.15) is 18.8 Å². The normalized spacial score (nSPS) is 13.2. The second-order valence-corrected chi connectivity index (χ2v) is 6.02. The van der Waals surface area contributed by atoms with Gasteiger partial charge in [0, 0.05) is 7.05 Å². The van der Waals surface area contributed by atoms with Gasteiger partial charge in [0.15, 0.2) is 5.82 Å². The molecule has 20 heavy (non-hydrogen) atoms. The minimum Gasteiger partial charge on any atom is -0.397 e. The summed E-state index contributed by atoms with van der Waals surface area (Å²) in [5, 5.41) is 16.0. The molecule has 8 nitrogen and oxygen atoms in total. The van der Waals surface area contributed by atoms with Gasteiger partial charge in [-0.1, -0.05) is 0 Å². The first-order valence-electron chi connectivity index (χ1n) is 5.82. The quantitative estimate of drug-likeness (QED) is 0.692. The van der Waals surface area contributed by atoms with Crippen molar-refractivity contribution in [3.05, 3.63) is 30.4 Å². The van der Waals surface area contributed by atoms with Crippen LogP contribution in [0, 0.1) is 0 Å². The lowest BCUT2D eigenvalue weighted by molar-refractivity contribution is 0.598. The van der Waals surface area contributed by atoms with Crippen LogP contribution in [0.25, 0.3) is 0 Å². The van der Waals surface area contributed by atoms with Crippen molar-refractivity contribution >= 4 is 21.4 Å². The number of hydrogen-bond donors (Lipinski definition) is 3. The number of hydrogen-bond acceptors (Lipinski definition) is 6. The summed E-state index contributed by atoms with van der Waals surface area (Å²) in [4.78, 5) is -0.000588. The van der Waals surface area contributed by atoms with Crippen LogP contribution in [-0.4, -0.2) is 23.2 Å². The van der Waals surface area contributed by atoms with Gasteiger partial charge < -0.3 is 15.6 Å². The van der Waals surface area contributed by atoms with E-state index in [1.54, 1.807) is 10.9 Å². The highest BCUT2D eigenvalue weighted by molar-refractivity contribution is 7.89. The predicted molar refractivity (Wildman–Crippen MR) is 75.3 cm³/mol. The Kier molecular flexibility index (Phi) is 3.64. The average molecular weight is 296 g/mol. The molecular formula is C11H16N6O2S. The van der Waals surface area contributed by atoms with Gasteiger partial charge in [0.05, 0.1) is 22.3 Å². The van der Waals surface area contributed by atoms with Crippen molar-refractivity contribution in [3.8, 4) is 0 Å². The number of benzene rings is 1. The van der Waals surface area contributed by atoms with Gasteiger partial charge in [0.2, 0.25) is 10.0 Å². The van der Waals surface area contributed by atoms with Crippen molar-refractivity contribution < 1.29 is 8.42 Å². The van der Waals surface area contributed by atoms with Crippen LogP contribution < -0.4 is 16.2 Å². The molecule has 0 spiro atoms. The Labute approximate surface area is 116 Å². The van der Waals surface area contributed by atoms with E-state index in [9.17, 15) is 8.42 Å². The summed E-state index contributed by atoms with van der Waals surface area (Å²) in [5.41, 5.74) is 6.73. The highest BCUT2D eigenvalue weighted by atomic mass is 32.2. The van der Waals surface area contributed by atoms with E-state index in [2.05, 4.69) is 15.5 Å². The van der Waals surface area contributed by atoms with E-state index in [0.717, 1.165) is 0 Å². The van der Waals surface area contributed by atoms with Crippen LogP contribution >= 0.6 is 0 Å². The molecule has 9 heteroatoms. The van der Waals surface area contributed by atoms with Crippen LogP contribution in [0.4, 0.5) is 11.4 Å². The number of sulfonamides is 1. The molecule has 1 aromatic carbocycles. The third-order valence-electron chi connectivity index (χ3n) is 2.86. The van der Waals surface area contributed by atoms with Gasteiger partial charge in [-0.15, -0.1) is 10.2 Å². The maximum absolute atomic E-state index is 11.3. The summed E-state index contributed by atoms with van der Waals surface area (Å²) < 4.78 is 24.5. The average Bonchev–Trinajstić information content (AvgIpc) is 2.77. The predicted octanol–water partition coefficient (Wildman–Crippen LogP) is 0.218. The molecule has 0 bridgehead atoms. The molecule has 2 rings (SSSR count). The zero-order valence-corrected chi connectivity index (χ0v) is 11.9. The Balaban J connectivity index is 2.32. The lowest BCUT2D eigenvalue weighted by Crippen LogP contribution is -2.15. The first-order chi connectivity index (χ1) is 9.29. The number of nitrogens with two attached hydrogens (primary N) is 2. The number of nitrogens with one attached hydrogen (secondary N) is 1. The van der Waals surface area contributed by atoms with E-state index in [-0.39, 0.29) is 10.9 Å². The van der Waals surface area contributed by atoms with Crippen LogP contribution in [0.3, 0.4) is 0 Å². The van der Waals surface area contributed by atoms with Crippen molar-refractivity contribution in [1.82, 2.24) is 14.8 Å². The van der Waals surface area contributed by atoms with E-state index in [0.29, 0.717) is 17.2 Å². The van der Waals surface area contributed by atoms with Gasteiger partial charge in [-0.05, 0) is 25.1 Å². The van der Waals surface area contributed by atoms with Gasteiger partial charge >= 0.3 is 0 Å². The summed E-state index contributed by atoms with van der Waals surface area (Å²) in [6.07, 6.45) is 1.58. The van der Waals surface area contributed by atoms with E-state index < -0.39 is 10.0 Å².